The first kappa shape index (κ1) is 25.1. The van der Waals surface area contributed by atoms with Gasteiger partial charge >= 0.3 is 0 Å². The van der Waals surface area contributed by atoms with Gasteiger partial charge < -0.3 is 10.1 Å². The average molecular weight is 515 g/mol. The van der Waals surface area contributed by atoms with E-state index in [2.05, 4.69) is 19.2 Å². The number of ether oxygens (including phenoxy) is 1. The van der Waals surface area contributed by atoms with E-state index >= 15 is 0 Å². The third kappa shape index (κ3) is 5.57. The molecule has 37 heavy (non-hydrogen) atoms. The van der Waals surface area contributed by atoms with Crippen molar-refractivity contribution < 1.29 is 14.3 Å². The first-order chi connectivity index (χ1) is 17.9. The van der Waals surface area contributed by atoms with Gasteiger partial charge in [-0.15, -0.1) is 0 Å². The minimum Gasteiger partial charge on any atom is -0.449 e. The van der Waals surface area contributed by atoms with Crippen LogP contribution in [0.2, 0.25) is 5.02 Å². The van der Waals surface area contributed by atoms with Crippen LogP contribution in [0, 0.1) is 11.8 Å². The Kier molecular flexibility index (Phi) is 7.33. The summed E-state index contributed by atoms with van der Waals surface area (Å²) < 4.78 is 6.00. The van der Waals surface area contributed by atoms with Crippen LogP contribution in [0.15, 0.2) is 78.6 Å². The number of nitrogens with zero attached hydrogens (tertiary/aromatic N) is 1. The van der Waals surface area contributed by atoms with Crippen LogP contribution in [-0.4, -0.2) is 17.9 Å². The van der Waals surface area contributed by atoms with Crippen LogP contribution in [0.5, 0.6) is 5.75 Å². The van der Waals surface area contributed by atoms with E-state index in [9.17, 15) is 9.59 Å². The molecule has 1 fully saturated rings. The first-order valence-electron chi connectivity index (χ1n) is 12.8. The molecule has 3 unspecified atom stereocenters. The number of anilines is 1. The number of carbonyl (C=O) groups excluding carboxylic acids is 2. The summed E-state index contributed by atoms with van der Waals surface area (Å²) in [7, 11) is 0. The molecule has 1 heterocycles. The lowest BCUT2D eigenvalue weighted by atomic mass is 9.78. The van der Waals surface area contributed by atoms with Crippen molar-refractivity contribution >= 4 is 35.2 Å². The van der Waals surface area contributed by atoms with Gasteiger partial charge in [0.05, 0.1) is 12.2 Å². The fraction of sp³-hybridized carbons (Fsp3) is 0.290. The van der Waals surface area contributed by atoms with Crippen LogP contribution in [0.25, 0.3) is 6.08 Å². The Labute approximate surface area is 223 Å². The number of para-hydroxylation sites is 2. The number of amides is 2. The molecule has 1 saturated carbocycles. The zero-order valence-corrected chi connectivity index (χ0v) is 21.9. The van der Waals surface area contributed by atoms with Gasteiger partial charge in [-0.1, -0.05) is 74.7 Å². The van der Waals surface area contributed by atoms with Gasteiger partial charge in [-0.2, -0.15) is 0 Å². The lowest BCUT2D eigenvalue weighted by molar-refractivity contribution is -0.117. The minimum atomic E-state index is -0.226. The lowest BCUT2D eigenvalue weighted by Gasteiger charge is -2.34. The molecule has 0 spiro atoms. The first-order valence-corrected chi connectivity index (χ1v) is 13.2. The minimum absolute atomic E-state index is 0.0572. The second-order valence-corrected chi connectivity index (χ2v) is 10.5. The Morgan fingerprint density at radius 3 is 2.51 bits per heavy atom. The molecule has 5 rings (SSSR count). The summed E-state index contributed by atoms with van der Waals surface area (Å²) in [5, 5.41) is 3.87. The van der Waals surface area contributed by atoms with Crippen molar-refractivity contribution in [2.75, 3.05) is 4.90 Å². The van der Waals surface area contributed by atoms with Crippen molar-refractivity contribution in [3.8, 4) is 5.75 Å². The van der Waals surface area contributed by atoms with Gasteiger partial charge in [-0.05, 0) is 71.9 Å². The fourth-order valence-corrected chi connectivity index (χ4v) is 5.24. The molecular weight excluding hydrogens is 484 g/mol. The standard InChI is InChI=1S/C31H31ClN2O3/c1-20-6-5-7-26(21(20)2)33-30(35)24-14-10-22(11-15-24)18-29-31(36)34(19-23-12-16-25(32)17-13-23)27-8-3-4-9-28(27)37-29/h3-4,8-18,20-21,26H,5-7,19H2,1-2H3,(H,33,35). The molecule has 5 nitrogen and oxygen atoms in total. The summed E-state index contributed by atoms with van der Waals surface area (Å²) in [6.45, 7) is 4.87. The van der Waals surface area contributed by atoms with Gasteiger partial charge in [-0.3, -0.25) is 14.5 Å². The number of carbonyl (C=O) groups is 2. The quantitative estimate of drug-likeness (QED) is 0.378. The number of hydrogen-bond acceptors (Lipinski definition) is 3. The van der Waals surface area contributed by atoms with E-state index < -0.39 is 0 Å². The largest absolute Gasteiger partial charge is 0.449 e. The van der Waals surface area contributed by atoms with Crippen molar-refractivity contribution in [3.63, 3.8) is 0 Å². The average Bonchev–Trinajstić information content (AvgIpc) is 2.90. The number of benzene rings is 3. The van der Waals surface area contributed by atoms with Gasteiger partial charge in [0.1, 0.15) is 0 Å². The van der Waals surface area contributed by atoms with E-state index in [1.807, 2.05) is 60.7 Å². The lowest BCUT2D eigenvalue weighted by Crippen LogP contribution is -2.43. The van der Waals surface area contributed by atoms with E-state index in [0.717, 1.165) is 29.7 Å². The summed E-state index contributed by atoms with van der Waals surface area (Å²) >= 11 is 6.03. The highest BCUT2D eigenvalue weighted by atomic mass is 35.5. The van der Waals surface area contributed by atoms with Gasteiger partial charge in [0.2, 0.25) is 0 Å². The molecule has 0 radical (unpaired) electrons. The molecule has 6 heteroatoms. The molecule has 1 aliphatic carbocycles. The van der Waals surface area contributed by atoms with Crippen molar-refractivity contribution in [1.29, 1.82) is 0 Å². The van der Waals surface area contributed by atoms with Gasteiger partial charge in [0.25, 0.3) is 11.8 Å². The Morgan fingerprint density at radius 1 is 1.03 bits per heavy atom. The van der Waals surface area contributed by atoms with Crippen LogP contribution < -0.4 is 15.0 Å². The van der Waals surface area contributed by atoms with Crippen molar-refractivity contribution in [3.05, 3.63) is 100 Å². The number of fused-ring (bicyclic) bond motifs is 1. The molecule has 2 amide bonds. The van der Waals surface area contributed by atoms with Crippen LogP contribution in [-0.2, 0) is 11.3 Å². The summed E-state index contributed by atoms with van der Waals surface area (Å²) in [6, 6.07) is 22.4. The molecule has 0 saturated heterocycles. The molecule has 190 valence electrons. The second kappa shape index (κ2) is 10.8. The summed E-state index contributed by atoms with van der Waals surface area (Å²) in [6.07, 6.45) is 5.11. The maximum Gasteiger partial charge on any atom is 0.294 e. The zero-order valence-electron chi connectivity index (χ0n) is 21.1. The van der Waals surface area contributed by atoms with Crippen molar-refractivity contribution in [1.82, 2.24) is 5.32 Å². The highest BCUT2D eigenvalue weighted by Crippen LogP contribution is 2.36. The molecule has 3 aromatic carbocycles. The van der Waals surface area contributed by atoms with E-state index in [4.69, 9.17) is 16.3 Å². The highest BCUT2D eigenvalue weighted by Gasteiger charge is 2.31. The van der Waals surface area contributed by atoms with E-state index in [1.54, 1.807) is 23.1 Å². The zero-order chi connectivity index (χ0) is 25.9. The Hall–Kier alpha value is -3.57. The van der Waals surface area contributed by atoms with Crippen LogP contribution >= 0.6 is 11.6 Å². The van der Waals surface area contributed by atoms with Crippen LogP contribution in [0.4, 0.5) is 5.69 Å². The molecule has 3 aromatic rings. The van der Waals surface area contributed by atoms with E-state index in [1.165, 1.54) is 6.42 Å². The van der Waals surface area contributed by atoms with Crippen molar-refractivity contribution in [2.45, 2.75) is 45.7 Å². The Bertz CT molecular complexity index is 1320. The molecule has 0 aromatic heterocycles. The molecule has 2 aliphatic rings. The fourth-order valence-electron chi connectivity index (χ4n) is 5.11. The SMILES string of the molecule is CC1CCCC(NC(=O)c2ccc(C=C3Oc4ccccc4N(Cc4ccc(Cl)cc4)C3=O)cc2)C1C. The molecule has 0 bridgehead atoms. The topological polar surface area (TPSA) is 58.6 Å². The number of halogens is 1. The van der Waals surface area contributed by atoms with E-state index in [-0.39, 0.29) is 23.6 Å². The maximum atomic E-state index is 13.5. The normalized spacial score (nSPS) is 22.4. The molecule has 1 aliphatic heterocycles. The predicted octanol–water partition coefficient (Wildman–Crippen LogP) is 6.86. The molecule has 3 atom stereocenters. The van der Waals surface area contributed by atoms with Gasteiger partial charge in [0, 0.05) is 16.6 Å². The molecule has 1 N–H and O–H groups in total. The maximum absolute atomic E-state index is 13.5. The Morgan fingerprint density at radius 2 is 1.76 bits per heavy atom. The predicted molar refractivity (Wildman–Crippen MR) is 148 cm³/mol. The smallest absolute Gasteiger partial charge is 0.294 e. The van der Waals surface area contributed by atoms with Gasteiger partial charge in [0.15, 0.2) is 11.5 Å². The molecular formula is C31H31ClN2O3. The summed E-state index contributed by atoms with van der Waals surface area (Å²) in [5.41, 5.74) is 3.08. The van der Waals surface area contributed by atoms with E-state index in [0.29, 0.717) is 34.7 Å². The third-order valence-corrected chi connectivity index (χ3v) is 7.83. The van der Waals surface area contributed by atoms with Gasteiger partial charge in [-0.25, -0.2) is 0 Å². The monoisotopic (exact) mass is 514 g/mol. The number of rotatable bonds is 5. The number of hydrogen-bond donors (Lipinski definition) is 1. The van der Waals surface area contributed by atoms with Crippen molar-refractivity contribution in [2.24, 2.45) is 11.8 Å². The second-order valence-electron chi connectivity index (χ2n) is 10.1. The number of nitrogens with one attached hydrogen (secondary N) is 1. The third-order valence-electron chi connectivity index (χ3n) is 7.58. The van der Waals surface area contributed by atoms with Crippen LogP contribution in [0.3, 0.4) is 0 Å². The summed E-state index contributed by atoms with van der Waals surface area (Å²) in [4.78, 5) is 28.0. The summed E-state index contributed by atoms with van der Waals surface area (Å²) in [5.74, 6) is 1.65. The Balaban J connectivity index is 1.34. The van der Waals surface area contributed by atoms with Crippen LogP contribution in [0.1, 0.15) is 54.6 Å². The highest BCUT2D eigenvalue weighted by molar-refractivity contribution is 6.30.